The standard InChI is InChI=1S/C8H9NO3S/c1-9-13(11,12)8-5-3-2-4-7(8)6-10/h2-5,8-9H,1H3. The molecule has 0 saturated heterocycles. The van der Waals surface area contributed by atoms with E-state index in [1.165, 1.54) is 19.2 Å². The quantitative estimate of drug-likeness (QED) is 0.626. The van der Waals surface area contributed by atoms with Gasteiger partial charge in [-0.3, -0.25) is 0 Å². The molecular formula is C8H9NO3S. The van der Waals surface area contributed by atoms with Crippen LogP contribution in [-0.2, 0) is 14.8 Å². The topological polar surface area (TPSA) is 63.2 Å². The number of rotatable bonds is 2. The van der Waals surface area contributed by atoms with Gasteiger partial charge in [0.25, 0.3) is 0 Å². The molecule has 0 spiro atoms. The molecule has 70 valence electrons. The summed E-state index contributed by atoms with van der Waals surface area (Å²) in [7, 11) is -2.16. The fourth-order valence-electron chi connectivity index (χ4n) is 1.01. The van der Waals surface area contributed by atoms with Crippen molar-refractivity contribution in [3.63, 3.8) is 0 Å². The minimum Gasteiger partial charge on any atom is -0.233 e. The maximum Gasteiger partial charge on any atom is 0.222 e. The Morgan fingerprint density at radius 1 is 1.46 bits per heavy atom. The highest BCUT2D eigenvalue weighted by Gasteiger charge is 2.25. The van der Waals surface area contributed by atoms with Crippen LogP contribution in [0.4, 0.5) is 0 Å². The van der Waals surface area contributed by atoms with Gasteiger partial charge < -0.3 is 0 Å². The molecule has 5 heteroatoms. The van der Waals surface area contributed by atoms with Crippen LogP contribution in [0.25, 0.3) is 0 Å². The molecule has 0 aromatic rings. The van der Waals surface area contributed by atoms with E-state index in [0.717, 1.165) is 0 Å². The van der Waals surface area contributed by atoms with E-state index in [0.29, 0.717) is 0 Å². The summed E-state index contributed by atoms with van der Waals surface area (Å²) in [4.78, 5) is 10.4. The van der Waals surface area contributed by atoms with Crippen molar-refractivity contribution in [3.8, 4) is 0 Å². The molecule has 0 radical (unpaired) electrons. The number of hydrogen-bond donors (Lipinski definition) is 1. The largest absolute Gasteiger partial charge is 0.233 e. The first-order valence-corrected chi connectivity index (χ1v) is 5.18. The summed E-state index contributed by atoms with van der Waals surface area (Å²) in [6.45, 7) is 0. The van der Waals surface area contributed by atoms with Crippen LogP contribution in [0, 0.1) is 0 Å². The van der Waals surface area contributed by atoms with Gasteiger partial charge in [-0.15, -0.1) is 0 Å². The molecule has 0 fully saturated rings. The normalized spacial score (nSPS) is 21.6. The van der Waals surface area contributed by atoms with Crippen LogP contribution in [0.5, 0.6) is 0 Å². The molecule has 1 aliphatic carbocycles. The van der Waals surface area contributed by atoms with Crippen molar-refractivity contribution in [2.75, 3.05) is 7.05 Å². The summed E-state index contributed by atoms with van der Waals surface area (Å²) in [5.74, 6) is 1.60. The Morgan fingerprint density at radius 2 is 2.15 bits per heavy atom. The van der Waals surface area contributed by atoms with Crippen molar-refractivity contribution in [2.24, 2.45) is 0 Å². The Morgan fingerprint density at radius 3 is 2.69 bits per heavy atom. The van der Waals surface area contributed by atoms with E-state index in [9.17, 15) is 13.2 Å². The van der Waals surface area contributed by atoms with Crippen LogP contribution in [0.3, 0.4) is 0 Å². The van der Waals surface area contributed by atoms with Gasteiger partial charge >= 0.3 is 0 Å². The fraction of sp³-hybridized carbons (Fsp3) is 0.250. The number of carbonyl (C=O) groups excluding carboxylic acids is 1. The van der Waals surface area contributed by atoms with Crippen LogP contribution in [-0.4, -0.2) is 26.7 Å². The third kappa shape index (κ3) is 1.95. The monoisotopic (exact) mass is 199 g/mol. The van der Waals surface area contributed by atoms with Gasteiger partial charge in [-0.25, -0.2) is 17.9 Å². The molecule has 0 amide bonds. The molecule has 1 aliphatic rings. The first kappa shape index (κ1) is 9.92. The van der Waals surface area contributed by atoms with Crippen LogP contribution in [0.1, 0.15) is 0 Å². The van der Waals surface area contributed by atoms with Crippen molar-refractivity contribution in [3.05, 3.63) is 29.9 Å². The van der Waals surface area contributed by atoms with E-state index in [1.54, 1.807) is 18.1 Å². The lowest BCUT2D eigenvalue weighted by Crippen LogP contribution is -2.32. The summed E-state index contributed by atoms with van der Waals surface area (Å²) in [6.07, 6.45) is 6.06. The number of nitrogens with one attached hydrogen (secondary N) is 1. The van der Waals surface area contributed by atoms with E-state index in [-0.39, 0.29) is 5.57 Å². The highest BCUT2D eigenvalue weighted by Crippen LogP contribution is 2.15. The van der Waals surface area contributed by atoms with Gasteiger partial charge in [0.15, 0.2) is 0 Å². The van der Waals surface area contributed by atoms with Crippen LogP contribution in [0.2, 0.25) is 0 Å². The van der Waals surface area contributed by atoms with E-state index < -0.39 is 15.3 Å². The fourth-order valence-corrected chi connectivity index (χ4v) is 2.02. The highest BCUT2D eigenvalue weighted by molar-refractivity contribution is 7.90. The predicted molar refractivity (Wildman–Crippen MR) is 49.3 cm³/mol. The number of sulfonamides is 1. The van der Waals surface area contributed by atoms with Crippen LogP contribution < -0.4 is 4.72 Å². The van der Waals surface area contributed by atoms with E-state index in [1.807, 2.05) is 0 Å². The van der Waals surface area contributed by atoms with Gasteiger partial charge in [0.05, 0.1) is 5.57 Å². The SMILES string of the molecule is CNS(=O)(=O)C1C=CC=CC1=C=O. The lowest BCUT2D eigenvalue weighted by molar-refractivity contribution is 0.565. The zero-order valence-electron chi connectivity index (χ0n) is 7.02. The van der Waals surface area contributed by atoms with Gasteiger partial charge in [-0.05, 0) is 13.1 Å². The second kappa shape index (κ2) is 3.70. The molecule has 0 aromatic heterocycles. The molecule has 4 nitrogen and oxygen atoms in total. The highest BCUT2D eigenvalue weighted by atomic mass is 32.2. The molecule has 1 atom stereocenters. The second-order valence-corrected chi connectivity index (χ2v) is 4.48. The molecule has 0 bridgehead atoms. The maximum absolute atomic E-state index is 11.3. The third-order valence-corrected chi connectivity index (χ3v) is 3.36. The molecule has 13 heavy (non-hydrogen) atoms. The van der Waals surface area contributed by atoms with Crippen molar-refractivity contribution >= 4 is 16.0 Å². The molecule has 0 heterocycles. The minimum atomic E-state index is -3.47. The Labute approximate surface area is 76.7 Å². The van der Waals surface area contributed by atoms with Crippen LogP contribution in [0.15, 0.2) is 29.9 Å². The average Bonchev–Trinajstić information content (AvgIpc) is 2.18. The van der Waals surface area contributed by atoms with Gasteiger partial charge in [-0.2, -0.15) is 0 Å². The zero-order chi connectivity index (χ0) is 9.90. The molecule has 0 aliphatic heterocycles. The molecule has 1 rings (SSSR count). The zero-order valence-corrected chi connectivity index (χ0v) is 7.84. The lowest BCUT2D eigenvalue weighted by Gasteiger charge is -2.13. The first-order chi connectivity index (χ1) is 6.11. The van der Waals surface area contributed by atoms with Gasteiger partial charge in [-0.1, -0.05) is 18.2 Å². The summed E-state index contributed by atoms with van der Waals surface area (Å²) in [5.41, 5.74) is 0.122. The second-order valence-electron chi connectivity index (χ2n) is 2.47. The Hall–Kier alpha value is -1.16. The molecular weight excluding hydrogens is 190 g/mol. The van der Waals surface area contributed by atoms with Gasteiger partial charge in [0.1, 0.15) is 11.2 Å². The Balaban J connectivity index is 3.14. The van der Waals surface area contributed by atoms with Crippen molar-refractivity contribution in [1.82, 2.24) is 4.72 Å². The first-order valence-electron chi connectivity index (χ1n) is 3.64. The van der Waals surface area contributed by atoms with E-state index in [4.69, 9.17) is 0 Å². The molecule has 1 unspecified atom stereocenters. The summed E-state index contributed by atoms with van der Waals surface area (Å²) in [6, 6.07) is 0. The minimum absolute atomic E-state index is 0.122. The number of allylic oxidation sites excluding steroid dienone is 3. The summed E-state index contributed by atoms with van der Waals surface area (Å²) in [5, 5.41) is -0.917. The maximum atomic E-state index is 11.3. The Kier molecular flexibility index (Phi) is 2.83. The van der Waals surface area contributed by atoms with Crippen molar-refractivity contribution < 1.29 is 13.2 Å². The van der Waals surface area contributed by atoms with Crippen LogP contribution >= 0.6 is 0 Å². The summed E-state index contributed by atoms with van der Waals surface area (Å²) < 4.78 is 24.8. The molecule has 0 aromatic carbocycles. The Bertz CT molecular complexity index is 399. The van der Waals surface area contributed by atoms with Gasteiger partial charge in [0, 0.05) is 0 Å². The summed E-state index contributed by atoms with van der Waals surface area (Å²) >= 11 is 0. The molecule has 0 saturated carbocycles. The van der Waals surface area contributed by atoms with Crippen molar-refractivity contribution in [2.45, 2.75) is 5.25 Å². The molecule has 1 N–H and O–H groups in total. The number of hydrogen-bond acceptors (Lipinski definition) is 3. The van der Waals surface area contributed by atoms with E-state index >= 15 is 0 Å². The van der Waals surface area contributed by atoms with E-state index in [2.05, 4.69) is 4.72 Å². The smallest absolute Gasteiger partial charge is 0.222 e. The van der Waals surface area contributed by atoms with Gasteiger partial charge in [0.2, 0.25) is 10.0 Å². The predicted octanol–water partition coefficient (Wildman–Crippen LogP) is -0.212. The average molecular weight is 199 g/mol. The van der Waals surface area contributed by atoms with Crippen molar-refractivity contribution in [1.29, 1.82) is 0 Å². The third-order valence-electron chi connectivity index (χ3n) is 1.72. The lowest BCUT2D eigenvalue weighted by atomic mass is 10.1.